The second-order valence-corrected chi connectivity index (χ2v) is 22.6. The van der Waals surface area contributed by atoms with Gasteiger partial charge in [-0.3, -0.25) is 9.59 Å². The summed E-state index contributed by atoms with van der Waals surface area (Å²) < 4.78 is 0. The first-order valence-corrected chi connectivity index (χ1v) is 22.7. The van der Waals surface area contributed by atoms with Crippen molar-refractivity contribution in [3.05, 3.63) is 57.5 Å². The van der Waals surface area contributed by atoms with Crippen molar-refractivity contribution in [2.45, 2.75) is 136 Å². The van der Waals surface area contributed by atoms with Crippen LogP contribution in [-0.2, 0) is 4.79 Å². The van der Waals surface area contributed by atoms with Gasteiger partial charge in [-0.1, -0.05) is 64.0 Å². The predicted octanol–water partition coefficient (Wildman–Crippen LogP) is 5.09. The minimum atomic E-state index is -1.28. The molecule has 2 spiro atoms. The zero-order valence-corrected chi connectivity index (χ0v) is 35.2. The van der Waals surface area contributed by atoms with Crippen molar-refractivity contribution < 1.29 is 40.2 Å². The van der Waals surface area contributed by atoms with Crippen LogP contribution in [0.3, 0.4) is 0 Å². The van der Waals surface area contributed by atoms with Gasteiger partial charge in [0.25, 0.3) is 0 Å². The maximum Gasteiger partial charge on any atom is 0.159 e. The largest absolute Gasteiger partial charge is 0.396 e. The van der Waals surface area contributed by atoms with Gasteiger partial charge in [0.1, 0.15) is 0 Å². The first kappa shape index (κ1) is 39.7. The molecule has 6 fully saturated rings. The lowest BCUT2D eigenvalue weighted by Crippen LogP contribution is -2.77. The summed E-state index contributed by atoms with van der Waals surface area (Å²) in [5.74, 6) is -0.839. The third kappa shape index (κ3) is 4.39. The van der Waals surface area contributed by atoms with Gasteiger partial charge in [-0.25, -0.2) is 0 Å². The lowest BCUT2D eigenvalue weighted by Gasteiger charge is -2.77. The first-order valence-electron chi connectivity index (χ1n) is 22.7. The van der Waals surface area contributed by atoms with E-state index in [4.69, 9.17) is 0 Å². The number of benzene rings is 1. The Hall–Kier alpha value is -2.46. The first-order chi connectivity index (χ1) is 27.4. The molecule has 0 saturated heterocycles. The van der Waals surface area contributed by atoms with Crippen LogP contribution in [0.15, 0.2) is 35.9 Å². The number of ketones is 1. The molecule has 1 unspecified atom stereocenters. The molecule has 0 aromatic heterocycles. The molecule has 1 aromatic carbocycles. The molecule has 0 amide bonds. The molecule has 0 radical (unpaired) electrons. The maximum atomic E-state index is 16.0. The fourth-order valence-corrected chi connectivity index (χ4v) is 18.3. The van der Waals surface area contributed by atoms with E-state index in [-0.39, 0.29) is 52.8 Å². The van der Waals surface area contributed by atoms with Crippen molar-refractivity contribution in [1.82, 2.24) is 0 Å². The highest BCUT2D eigenvalue weighted by Gasteiger charge is 2.81. The average molecular weight is 795 g/mol. The van der Waals surface area contributed by atoms with Crippen LogP contribution in [-0.4, -0.2) is 73.7 Å². The van der Waals surface area contributed by atoms with Gasteiger partial charge >= 0.3 is 0 Å². The van der Waals surface area contributed by atoms with E-state index in [1.807, 2.05) is 19.1 Å². The number of carbonyl (C=O) groups is 2. The van der Waals surface area contributed by atoms with Crippen LogP contribution < -0.4 is 10.4 Å². The highest BCUT2D eigenvalue weighted by molar-refractivity contribution is 5.96. The van der Waals surface area contributed by atoms with E-state index in [2.05, 4.69) is 45.1 Å². The average Bonchev–Trinajstić information content (AvgIpc) is 3.56. The van der Waals surface area contributed by atoms with Crippen molar-refractivity contribution in [2.75, 3.05) is 13.2 Å². The number of aliphatic hydroxyl groups is 6. The monoisotopic (exact) mass is 794 g/mol. The molecule has 9 aliphatic carbocycles. The third-order valence-corrected chi connectivity index (χ3v) is 20.3. The summed E-state index contributed by atoms with van der Waals surface area (Å²) in [5, 5.41) is 72.5. The summed E-state index contributed by atoms with van der Waals surface area (Å²) in [4.78, 5) is 28.7. The highest BCUT2D eigenvalue weighted by atomic mass is 16.3. The van der Waals surface area contributed by atoms with Crippen LogP contribution in [0, 0.1) is 73.4 Å². The van der Waals surface area contributed by atoms with Crippen LogP contribution in [0.25, 0.3) is 12.2 Å². The fraction of sp³-hybridized carbons (Fsp3) is 0.720. The molecule has 58 heavy (non-hydrogen) atoms. The molecule has 0 heterocycles. The fourth-order valence-electron chi connectivity index (χ4n) is 18.3. The Morgan fingerprint density at radius 3 is 2.40 bits per heavy atom. The molecular formula is C50H66O8. The second-order valence-electron chi connectivity index (χ2n) is 22.6. The van der Waals surface area contributed by atoms with Crippen molar-refractivity contribution in [3.8, 4) is 0 Å². The van der Waals surface area contributed by atoms with Crippen molar-refractivity contribution in [3.63, 3.8) is 0 Å². The quantitative estimate of drug-likeness (QED) is 0.178. The summed E-state index contributed by atoms with van der Waals surface area (Å²) in [6.07, 6.45) is 17.9. The Balaban J connectivity index is 1.25. The van der Waals surface area contributed by atoms with Crippen molar-refractivity contribution in [2.24, 2.45) is 73.4 Å². The number of hydrogen-bond donors (Lipinski definition) is 6. The SMILES string of the molecule is C[C@@H](O)c1cc(C=O)c2c(c1)=C[C@H]1[C@@H](C=2)CC[C@@]23CCC4[C@](C)([C@H](O)CO)[C@@H](O)CC[C@]41[C@H]2C(=O)C=C1[C@H]2CC(C)(C)C[C@]45CCC[C@H]4C=C[C@@](O)(C[C@]13C)[C@]25CO. The normalized spacial score (nSPS) is 50.0. The number of fused-ring (bicyclic) bond motifs is 4. The van der Waals surface area contributed by atoms with E-state index in [1.54, 1.807) is 13.0 Å². The second kappa shape index (κ2) is 12.3. The number of allylic oxidation sites excluding steroid dienone is 3. The van der Waals surface area contributed by atoms with Gasteiger partial charge in [0.05, 0.1) is 37.1 Å². The summed E-state index contributed by atoms with van der Waals surface area (Å²) in [5.41, 5.74) is -3.12. The molecule has 16 atom stereocenters. The summed E-state index contributed by atoms with van der Waals surface area (Å²) in [6.45, 7) is 10.1. The van der Waals surface area contributed by atoms with E-state index >= 15 is 4.79 Å². The van der Waals surface area contributed by atoms with Gasteiger partial charge in [0.15, 0.2) is 12.1 Å². The Bertz CT molecular complexity index is 2150. The zero-order chi connectivity index (χ0) is 41.2. The molecule has 0 aliphatic heterocycles. The number of aldehydes is 1. The molecule has 314 valence electrons. The Labute approximate surface area is 343 Å². The van der Waals surface area contributed by atoms with E-state index in [9.17, 15) is 35.4 Å². The van der Waals surface area contributed by atoms with Crippen LogP contribution >= 0.6 is 0 Å². The van der Waals surface area contributed by atoms with Gasteiger partial charge < -0.3 is 30.6 Å². The molecule has 8 nitrogen and oxygen atoms in total. The van der Waals surface area contributed by atoms with E-state index in [0.29, 0.717) is 43.2 Å². The van der Waals surface area contributed by atoms with Gasteiger partial charge in [0.2, 0.25) is 0 Å². The number of rotatable bonds is 5. The molecule has 2 bridgehead atoms. The van der Waals surface area contributed by atoms with E-state index in [1.165, 1.54) is 0 Å². The van der Waals surface area contributed by atoms with Crippen molar-refractivity contribution in [1.29, 1.82) is 0 Å². The third-order valence-electron chi connectivity index (χ3n) is 20.3. The van der Waals surface area contributed by atoms with Gasteiger partial charge in [-0.15, -0.1) is 0 Å². The summed E-state index contributed by atoms with van der Waals surface area (Å²) in [6, 6.07) is 3.76. The van der Waals surface area contributed by atoms with Gasteiger partial charge in [-0.05, 0) is 168 Å². The van der Waals surface area contributed by atoms with Crippen LogP contribution in [0.4, 0.5) is 0 Å². The zero-order valence-electron chi connectivity index (χ0n) is 35.2. The summed E-state index contributed by atoms with van der Waals surface area (Å²) in [7, 11) is 0. The number of carbonyl (C=O) groups excluding carboxylic acids is 2. The van der Waals surface area contributed by atoms with Crippen LogP contribution in [0.2, 0.25) is 0 Å². The van der Waals surface area contributed by atoms with Crippen molar-refractivity contribution >= 4 is 24.2 Å². The summed E-state index contributed by atoms with van der Waals surface area (Å²) >= 11 is 0. The molecule has 1 aromatic rings. The number of hydrogen-bond acceptors (Lipinski definition) is 8. The predicted molar refractivity (Wildman–Crippen MR) is 220 cm³/mol. The molecule has 6 N–H and O–H groups in total. The van der Waals surface area contributed by atoms with Gasteiger partial charge in [-0.2, -0.15) is 0 Å². The highest BCUT2D eigenvalue weighted by Crippen LogP contribution is 2.84. The lowest BCUT2D eigenvalue weighted by atomic mass is 9.27. The van der Waals surface area contributed by atoms with Crippen LogP contribution in [0.5, 0.6) is 0 Å². The minimum Gasteiger partial charge on any atom is -0.396 e. The van der Waals surface area contributed by atoms with Gasteiger partial charge in [0, 0.05) is 22.3 Å². The topological polar surface area (TPSA) is 156 Å². The standard InChI is InChI=1S/C50H66O8/c1-28(54)30-17-31-20-35-29(19-34(31)32(18-30)23-51)8-13-46-14-10-39-45(5,41(57)24-52)40(56)11-16-49(35,39)42(46)38(55)21-36-37-22-43(2,3)25-47-12-6-7-33(47)9-15-48(58,26-44(36,46)4)50(37,47)27-53/h9,15,17-21,23,28-29,33,35,37,39-42,52-54,56-58H,6-8,10-14,16,22,24-27H2,1-5H3/t28-,29-,33+,35+,37-,39?,40+,41-,42+,44-,45+,46-,47-,48-,49-,50-/m1/s1. The Morgan fingerprint density at radius 2 is 1.69 bits per heavy atom. The number of aliphatic hydroxyl groups excluding tert-OH is 5. The van der Waals surface area contributed by atoms with E-state index < -0.39 is 63.5 Å². The smallest absolute Gasteiger partial charge is 0.159 e. The molecule has 8 heteroatoms. The Kier molecular flexibility index (Phi) is 8.44. The van der Waals surface area contributed by atoms with Crippen LogP contribution in [0.1, 0.15) is 134 Å². The molecule has 9 aliphatic rings. The minimum absolute atomic E-state index is 0.0498. The lowest BCUT2D eigenvalue weighted by molar-refractivity contribution is -0.284. The Morgan fingerprint density at radius 1 is 0.931 bits per heavy atom. The molecule has 6 saturated carbocycles. The molecular weight excluding hydrogens is 729 g/mol. The van der Waals surface area contributed by atoms with E-state index in [0.717, 1.165) is 67.2 Å². The molecule has 10 rings (SSSR count). The maximum absolute atomic E-state index is 16.0.